The van der Waals surface area contributed by atoms with Gasteiger partial charge in [0.25, 0.3) is 0 Å². The zero-order valence-electron chi connectivity index (χ0n) is 7.83. The Balaban J connectivity index is 2.41. The minimum atomic E-state index is -0.813. The summed E-state index contributed by atoms with van der Waals surface area (Å²) in [5.74, 6) is -0.813. The third-order valence-electron chi connectivity index (χ3n) is 2.23. The average Bonchev–Trinajstić information content (AvgIpc) is 2.58. The smallest absolute Gasteiger partial charge is 0.303 e. The van der Waals surface area contributed by atoms with Gasteiger partial charge in [0.05, 0.1) is 5.52 Å². The largest absolute Gasteiger partial charge is 0.481 e. The van der Waals surface area contributed by atoms with Crippen molar-refractivity contribution in [3.05, 3.63) is 28.9 Å². The molecule has 2 N–H and O–H groups in total. The number of aromatic nitrogens is 2. The van der Waals surface area contributed by atoms with E-state index in [4.69, 9.17) is 16.7 Å². The van der Waals surface area contributed by atoms with Gasteiger partial charge in [-0.1, -0.05) is 23.7 Å². The van der Waals surface area contributed by atoms with Crippen LogP contribution in [0, 0.1) is 0 Å². The van der Waals surface area contributed by atoms with Crippen molar-refractivity contribution in [1.29, 1.82) is 0 Å². The zero-order valence-corrected chi connectivity index (χ0v) is 8.58. The zero-order chi connectivity index (χ0) is 10.8. The summed E-state index contributed by atoms with van der Waals surface area (Å²) >= 11 is 5.93. The van der Waals surface area contributed by atoms with Crippen molar-refractivity contribution in [3.63, 3.8) is 0 Å². The highest BCUT2D eigenvalue weighted by atomic mass is 35.5. The summed E-state index contributed by atoms with van der Waals surface area (Å²) in [4.78, 5) is 10.5. The van der Waals surface area contributed by atoms with E-state index in [1.165, 1.54) is 0 Å². The number of H-pyrrole nitrogens is 1. The summed E-state index contributed by atoms with van der Waals surface area (Å²) in [6.45, 7) is 0. The minimum Gasteiger partial charge on any atom is -0.481 e. The van der Waals surface area contributed by atoms with E-state index in [0.29, 0.717) is 11.6 Å². The van der Waals surface area contributed by atoms with E-state index < -0.39 is 5.97 Å². The number of aromatic amines is 1. The first-order chi connectivity index (χ1) is 7.18. The Morgan fingerprint density at radius 3 is 3.07 bits per heavy atom. The van der Waals surface area contributed by atoms with E-state index in [2.05, 4.69) is 10.2 Å². The van der Waals surface area contributed by atoms with Gasteiger partial charge in [-0.05, 0) is 18.1 Å². The van der Waals surface area contributed by atoms with E-state index in [9.17, 15) is 4.79 Å². The molecule has 0 atom stereocenters. The first-order valence-corrected chi connectivity index (χ1v) is 4.89. The average molecular weight is 225 g/mol. The molecule has 15 heavy (non-hydrogen) atoms. The van der Waals surface area contributed by atoms with Crippen LogP contribution < -0.4 is 0 Å². The second-order valence-corrected chi connectivity index (χ2v) is 3.62. The normalized spacial score (nSPS) is 10.7. The van der Waals surface area contributed by atoms with Crippen LogP contribution in [0.15, 0.2) is 18.2 Å². The lowest BCUT2D eigenvalue weighted by Crippen LogP contribution is -1.97. The van der Waals surface area contributed by atoms with Crippen molar-refractivity contribution in [2.24, 2.45) is 0 Å². The highest BCUT2D eigenvalue weighted by Gasteiger charge is 2.09. The molecule has 0 aliphatic rings. The molecule has 0 aliphatic heterocycles. The predicted octanol–water partition coefficient (Wildman–Crippen LogP) is 2.23. The van der Waals surface area contributed by atoms with Crippen LogP contribution in [0.2, 0.25) is 5.15 Å². The highest BCUT2D eigenvalue weighted by molar-refractivity contribution is 6.34. The summed E-state index contributed by atoms with van der Waals surface area (Å²) in [5.41, 5.74) is 1.68. The molecular formula is C10H9ClN2O2. The summed E-state index contributed by atoms with van der Waals surface area (Å²) in [6, 6.07) is 5.55. The summed E-state index contributed by atoms with van der Waals surface area (Å²) in [7, 11) is 0. The van der Waals surface area contributed by atoms with Gasteiger partial charge in [-0.2, -0.15) is 5.10 Å². The van der Waals surface area contributed by atoms with Crippen LogP contribution in [-0.2, 0) is 11.2 Å². The van der Waals surface area contributed by atoms with E-state index in [-0.39, 0.29) is 6.42 Å². The molecule has 0 saturated heterocycles. The SMILES string of the molecule is O=C(O)CCc1cccc2n[nH]c(Cl)c12. The van der Waals surface area contributed by atoms with Crippen LogP contribution in [0.25, 0.3) is 10.9 Å². The van der Waals surface area contributed by atoms with Gasteiger partial charge in [0.1, 0.15) is 5.15 Å². The maximum absolute atomic E-state index is 10.5. The van der Waals surface area contributed by atoms with Crippen LogP contribution in [0.4, 0.5) is 0 Å². The van der Waals surface area contributed by atoms with Crippen molar-refractivity contribution < 1.29 is 9.90 Å². The standard InChI is InChI=1S/C10H9ClN2O2/c11-10-9-6(4-5-8(14)15)2-1-3-7(9)12-13-10/h1-3H,4-5H2,(H,12,13)(H,14,15). The van der Waals surface area contributed by atoms with Crippen LogP contribution in [-0.4, -0.2) is 21.3 Å². The number of carbonyl (C=O) groups is 1. The van der Waals surface area contributed by atoms with E-state index in [0.717, 1.165) is 16.5 Å². The van der Waals surface area contributed by atoms with Gasteiger partial charge in [0.15, 0.2) is 0 Å². The van der Waals surface area contributed by atoms with Gasteiger partial charge in [-0.3, -0.25) is 9.89 Å². The maximum Gasteiger partial charge on any atom is 0.303 e. The number of aryl methyl sites for hydroxylation is 1. The Bertz CT molecular complexity index is 507. The fraction of sp³-hybridized carbons (Fsp3) is 0.200. The third-order valence-corrected chi connectivity index (χ3v) is 2.50. The molecule has 4 nitrogen and oxygen atoms in total. The van der Waals surface area contributed by atoms with Crippen molar-refractivity contribution >= 4 is 28.5 Å². The number of nitrogens with one attached hydrogen (secondary N) is 1. The number of hydrogen-bond acceptors (Lipinski definition) is 2. The summed E-state index contributed by atoms with van der Waals surface area (Å²) in [5, 5.41) is 16.6. The van der Waals surface area contributed by atoms with Crippen LogP contribution in [0.3, 0.4) is 0 Å². The van der Waals surface area contributed by atoms with Crippen molar-refractivity contribution in [2.45, 2.75) is 12.8 Å². The van der Waals surface area contributed by atoms with Gasteiger partial charge in [0, 0.05) is 11.8 Å². The molecule has 0 radical (unpaired) electrons. The summed E-state index contributed by atoms with van der Waals surface area (Å²) < 4.78 is 0. The van der Waals surface area contributed by atoms with Crippen molar-refractivity contribution in [2.75, 3.05) is 0 Å². The number of benzene rings is 1. The molecule has 0 fully saturated rings. The quantitative estimate of drug-likeness (QED) is 0.840. The topological polar surface area (TPSA) is 66.0 Å². The number of nitrogens with zero attached hydrogens (tertiary/aromatic N) is 1. The molecular weight excluding hydrogens is 216 g/mol. The number of fused-ring (bicyclic) bond motifs is 1. The lowest BCUT2D eigenvalue weighted by molar-refractivity contribution is -0.136. The number of aliphatic carboxylic acids is 1. The first kappa shape index (κ1) is 9.98. The molecule has 0 unspecified atom stereocenters. The predicted molar refractivity (Wildman–Crippen MR) is 57.1 cm³/mol. The Morgan fingerprint density at radius 2 is 2.33 bits per heavy atom. The number of carboxylic acids is 1. The van der Waals surface area contributed by atoms with E-state index in [1.807, 2.05) is 18.2 Å². The molecule has 2 rings (SSSR count). The third kappa shape index (κ3) is 1.94. The number of carboxylic acid groups (broad SMARTS) is 1. The highest BCUT2D eigenvalue weighted by Crippen LogP contribution is 2.25. The molecule has 2 aromatic rings. The number of rotatable bonds is 3. The Labute approximate surface area is 90.9 Å². The second kappa shape index (κ2) is 3.90. The molecule has 0 aliphatic carbocycles. The Kier molecular flexibility index (Phi) is 2.60. The molecule has 5 heteroatoms. The Hall–Kier alpha value is -1.55. The first-order valence-electron chi connectivity index (χ1n) is 4.52. The van der Waals surface area contributed by atoms with Gasteiger partial charge >= 0.3 is 5.97 Å². The van der Waals surface area contributed by atoms with Crippen LogP contribution >= 0.6 is 11.6 Å². The maximum atomic E-state index is 10.5. The van der Waals surface area contributed by atoms with Gasteiger partial charge < -0.3 is 5.11 Å². The van der Waals surface area contributed by atoms with E-state index in [1.54, 1.807) is 0 Å². The van der Waals surface area contributed by atoms with Gasteiger partial charge in [-0.25, -0.2) is 0 Å². The van der Waals surface area contributed by atoms with Crippen LogP contribution in [0.5, 0.6) is 0 Å². The molecule has 0 amide bonds. The second-order valence-electron chi connectivity index (χ2n) is 3.24. The molecule has 1 heterocycles. The number of halogens is 1. The van der Waals surface area contributed by atoms with Crippen molar-refractivity contribution in [1.82, 2.24) is 10.2 Å². The van der Waals surface area contributed by atoms with Crippen molar-refractivity contribution in [3.8, 4) is 0 Å². The van der Waals surface area contributed by atoms with Gasteiger partial charge in [-0.15, -0.1) is 0 Å². The fourth-order valence-electron chi connectivity index (χ4n) is 1.55. The molecule has 1 aromatic heterocycles. The minimum absolute atomic E-state index is 0.0978. The lowest BCUT2D eigenvalue weighted by atomic mass is 10.1. The Morgan fingerprint density at radius 1 is 1.53 bits per heavy atom. The summed E-state index contributed by atoms with van der Waals surface area (Å²) in [6.07, 6.45) is 0.562. The lowest BCUT2D eigenvalue weighted by Gasteiger charge is -2.00. The molecule has 0 bridgehead atoms. The molecule has 0 spiro atoms. The monoisotopic (exact) mass is 224 g/mol. The van der Waals surface area contributed by atoms with E-state index >= 15 is 0 Å². The molecule has 1 aromatic carbocycles. The van der Waals surface area contributed by atoms with Gasteiger partial charge in [0.2, 0.25) is 0 Å². The molecule has 0 saturated carbocycles. The van der Waals surface area contributed by atoms with Crippen LogP contribution in [0.1, 0.15) is 12.0 Å². The molecule has 78 valence electrons. The fourth-order valence-corrected chi connectivity index (χ4v) is 1.81. The number of hydrogen-bond donors (Lipinski definition) is 2.